The van der Waals surface area contributed by atoms with Crippen LogP contribution in [0.2, 0.25) is 0 Å². The second kappa shape index (κ2) is 5.64. The smallest absolute Gasteiger partial charge is 0.213 e. The summed E-state index contributed by atoms with van der Waals surface area (Å²) >= 11 is 3.42. The van der Waals surface area contributed by atoms with E-state index in [4.69, 9.17) is 9.47 Å². The van der Waals surface area contributed by atoms with E-state index in [-0.39, 0.29) is 0 Å². The van der Waals surface area contributed by atoms with Crippen LogP contribution in [0.4, 0.5) is 0 Å². The number of halogens is 1. The van der Waals surface area contributed by atoms with Crippen LogP contribution < -0.4 is 4.74 Å². The van der Waals surface area contributed by atoms with Crippen molar-refractivity contribution in [3.8, 4) is 5.88 Å². The van der Waals surface area contributed by atoms with E-state index >= 15 is 0 Å². The summed E-state index contributed by atoms with van der Waals surface area (Å²) in [5, 5.41) is 0. The van der Waals surface area contributed by atoms with E-state index in [2.05, 4.69) is 20.9 Å². The fourth-order valence-corrected chi connectivity index (χ4v) is 1.93. The summed E-state index contributed by atoms with van der Waals surface area (Å²) in [6.07, 6.45) is 3.97. The van der Waals surface area contributed by atoms with Crippen molar-refractivity contribution in [2.24, 2.45) is 5.92 Å². The van der Waals surface area contributed by atoms with Crippen LogP contribution in [0.3, 0.4) is 0 Å². The van der Waals surface area contributed by atoms with Gasteiger partial charge in [0.25, 0.3) is 0 Å². The van der Waals surface area contributed by atoms with Gasteiger partial charge in [-0.2, -0.15) is 0 Å². The van der Waals surface area contributed by atoms with E-state index in [1.165, 1.54) is 0 Å². The first-order chi connectivity index (χ1) is 7.75. The van der Waals surface area contributed by atoms with Gasteiger partial charge in [0.1, 0.15) is 0 Å². The van der Waals surface area contributed by atoms with Gasteiger partial charge < -0.3 is 9.47 Å². The lowest BCUT2D eigenvalue weighted by atomic mass is 10.0. The highest BCUT2D eigenvalue weighted by Crippen LogP contribution is 2.20. The molecule has 0 radical (unpaired) electrons. The quantitative estimate of drug-likeness (QED) is 0.856. The molecule has 1 aromatic rings. The number of rotatable bonds is 3. The van der Waals surface area contributed by atoms with E-state index in [1.54, 1.807) is 6.20 Å². The second-order valence-corrected chi connectivity index (χ2v) is 4.99. The summed E-state index contributed by atoms with van der Waals surface area (Å²) in [6.45, 7) is 4.51. The van der Waals surface area contributed by atoms with Crippen LogP contribution in [0, 0.1) is 12.8 Å². The Bertz CT molecular complexity index is 351. The summed E-state index contributed by atoms with van der Waals surface area (Å²) in [6, 6.07) is 1.96. The van der Waals surface area contributed by atoms with Crippen molar-refractivity contribution in [3.63, 3.8) is 0 Å². The number of nitrogens with zero attached hydrogens (tertiary/aromatic N) is 1. The van der Waals surface area contributed by atoms with Gasteiger partial charge >= 0.3 is 0 Å². The fourth-order valence-electron chi connectivity index (χ4n) is 1.71. The van der Waals surface area contributed by atoms with Gasteiger partial charge in [0.05, 0.1) is 6.61 Å². The Morgan fingerprint density at radius 3 is 2.94 bits per heavy atom. The number of aromatic nitrogens is 1. The number of hydrogen-bond donors (Lipinski definition) is 0. The SMILES string of the molecule is Cc1cc(OCC2CCOCC2)ncc1Br. The monoisotopic (exact) mass is 285 g/mol. The molecule has 0 aromatic carbocycles. The lowest BCUT2D eigenvalue weighted by Crippen LogP contribution is -2.21. The molecule has 1 aromatic heterocycles. The normalized spacial score (nSPS) is 17.4. The van der Waals surface area contributed by atoms with Gasteiger partial charge in [-0.05, 0) is 47.2 Å². The molecule has 0 unspecified atom stereocenters. The Hall–Kier alpha value is -0.610. The largest absolute Gasteiger partial charge is 0.477 e. The van der Waals surface area contributed by atoms with Crippen molar-refractivity contribution >= 4 is 15.9 Å². The third kappa shape index (κ3) is 3.19. The molecule has 16 heavy (non-hydrogen) atoms. The van der Waals surface area contributed by atoms with Crippen molar-refractivity contribution in [3.05, 3.63) is 22.3 Å². The Kier molecular flexibility index (Phi) is 4.18. The van der Waals surface area contributed by atoms with Crippen molar-refractivity contribution in [2.45, 2.75) is 19.8 Å². The van der Waals surface area contributed by atoms with E-state index in [0.29, 0.717) is 11.8 Å². The summed E-state index contributed by atoms with van der Waals surface area (Å²) in [5.41, 5.74) is 1.15. The van der Waals surface area contributed by atoms with Gasteiger partial charge in [0.2, 0.25) is 5.88 Å². The summed E-state index contributed by atoms with van der Waals surface area (Å²) in [5.74, 6) is 1.33. The van der Waals surface area contributed by atoms with Crippen LogP contribution in [0.25, 0.3) is 0 Å². The van der Waals surface area contributed by atoms with Gasteiger partial charge in [0, 0.05) is 29.9 Å². The van der Waals surface area contributed by atoms with Gasteiger partial charge in [0.15, 0.2) is 0 Å². The zero-order valence-corrected chi connectivity index (χ0v) is 11.0. The van der Waals surface area contributed by atoms with Crippen LogP contribution in [-0.2, 0) is 4.74 Å². The Balaban J connectivity index is 1.86. The maximum absolute atomic E-state index is 5.69. The molecule has 1 fully saturated rings. The minimum atomic E-state index is 0.611. The standard InChI is InChI=1S/C12H16BrNO2/c1-9-6-12(14-7-11(9)13)16-8-10-2-4-15-5-3-10/h6-7,10H,2-5,8H2,1H3. The molecular weight excluding hydrogens is 270 g/mol. The van der Waals surface area contributed by atoms with Gasteiger partial charge in [-0.3, -0.25) is 0 Å². The third-order valence-electron chi connectivity index (χ3n) is 2.83. The molecule has 3 nitrogen and oxygen atoms in total. The molecule has 0 spiro atoms. The van der Waals surface area contributed by atoms with E-state index < -0.39 is 0 Å². The van der Waals surface area contributed by atoms with Crippen molar-refractivity contribution in [1.29, 1.82) is 0 Å². The zero-order valence-electron chi connectivity index (χ0n) is 9.41. The summed E-state index contributed by atoms with van der Waals surface area (Å²) in [7, 11) is 0. The van der Waals surface area contributed by atoms with E-state index in [9.17, 15) is 0 Å². The highest BCUT2D eigenvalue weighted by Gasteiger charge is 2.14. The molecule has 0 bridgehead atoms. The molecule has 0 N–H and O–H groups in total. The van der Waals surface area contributed by atoms with E-state index in [0.717, 1.165) is 42.7 Å². The number of pyridine rings is 1. The van der Waals surface area contributed by atoms with Crippen LogP contribution in [0.15, 0.2) is 16.7 Å². The molecule has 0 aliphatic carbocycles. The molecule has 0 atom stereocenters. The Labute approximate surface area is 104 Å². The first kappa shape index (κ1) is 11.9. The topological polar surface area (TPSA) is 31.4 Å². The second-order valence-electron chi connectivity index (χ2n) is 4.14. The molecule has 0 saturated carbocycles. The summed E-state index contributed by atoms with van der Waals surface area (Å²) < 4.78 is 12.0. The lowest BCUT2D eigenvalue weighted by Gasteiger charge is -2.21. The molecule has 0 amide bonds. The average molecular weight is 286 g/mol. The van der Waals surface area contributed by atoms with Crippen molar-refractivity contribution in [1.82, 2.24) is 4.98 Å². The highest BCUT2D eigenvalue weighted by molar-refractivity contribution is 9.10. The zero-order chi connectivity index (χ0) is 11.4. The molecule has 2 rings (SSSR count). The average Bonchev–Trinajstić information content (AvgIpc) is 2.32. The van der Waals surface area contributed by atoms with Crippen LogP contribution >= 0.6 is 15.9 Å². The molecular formula is C12H16BrNO2. The van der Waals surface area contributed by atoms with E-state index in [1.807, 2.05) is 13.0 Å². The predicted molar refractivity (Wildman–Crippen MR) is 65.7 cm³/mol. The Morgan fingerprint density at radius 2 is 2.25 bits per heavy atom. The first-order valence-corrected chi connectivity index (χ1v) is 6.37. The van der Waals surface area contributed by atoms with Crippen LogP contribution in [-0.4, -0.2) is 24.8 Å². The molecule has 4 heteroatoms. The van der Waals surface area contributed by atoms with Crippen LogP contribution in [0.1, 0.15) is 18.4 Å². The van der Waals surface area contributed by atoms with Crippen molar-refractivity contribution in [2.75, 3.05) is 19.8 Å². The fraction of sp³-hybridized carbons (Fsp3) is 0.583. The number of aryl methyl sites for hydroxylation is 1. The van der Waals surface area contributed by atoms with Crippen LogP contribution in [0.5, 0.6) is 5.88 Å². The first-order valence-electron chi connectivity index (χ1n) is 5.58. The third-order valence-corrected chi connectivity index (χ3v) is 3.66. The molecule has 1 saturated heterocycles. The molecule has 2 heterocycles. The predicted octanol–water partition coefficient (Wildman–Crippen LogP) is 2.96. The maximum Gasteiger partial charge on any atom is 0.213 e. The van der Waals surface area contributed by atoms with Crippen molar-refractivity contribution < 1.29 is 9.47 Å². The lowest BCUT2D eigenvalue weighted by molar-refractivity contribution is 0.0490. The number of ether oxygens (including phenoxy) is 2. The van der Waals surface area contributed by atoms with Gasteiger partial charge in [-0.15, -0.1) is 0 Å². The molecule has 88 valence electrons. The minimum absolute atomic E-state index is 0.611. The molecule has 1 aliphatic heterocycles. The summed E-state index contributed by atoms with van der Waals surface area (Å²) in [4.78, 5) is 4.22. The number of hydrogen-bond acceptors (Lipinski definition) is 3. The Morgan fingerprint density at radius 1 is 1.50 bits per heavy atom. The van der Waals surface area contributed by atoms with Gasteiger partial charge in [-0.1, -0.05) is 0 Å². The highest BCUT2D eigenvalue weighted by atomic mass is 79.9. The maximum atomic E-state index is 5.69. The minimum Gasteiger partial charge on any atom is -0.477 e. The van der Waals surface area contributed by atoms with Gasteiger partial charge in [-0.25, -0.2) is 4.98 Å². The molecule has 1 aliphatic rings.